The maximum atomic E-state index is 15.0. The molecule has 0 aliphatic carbocycles. The van der Waals surface area contributed by atoms with E-state index >= 15 is 0 Å². The Hall–Kier alpha value is -5.86. The first kappa shape index (κ1) is 33.1. The van der Waals surface area contributed by atoms with E-state index in [0.717, 1.165) is 11.8 Å². The summed E-state index contributed by atoms with van der Waals surface area (Å²) >= 11 is 0. The Bertz CT molecular complexity index is 2140. The molecule has 5 heterocycles. The quantitative estimate of drug-likeness (QED) is 0.192. The van der Waals surface area contributed by atoms with Crippen LogP contribution in [0.5, 0.6) is 5.75 Å². The number of ether oxygens (including phenoxy) is 1. The van der Waals surface area contributed by atoms with Crippen LogP contribution in [0.4, 0.5) is 10.2 Å². The summed E-state index contributed by atoms with van der Waals surface area (Å²) in [7, 11) is 0. The van der Waals surface area contributed by atoms with Gasteiger partial charge in [0.2, 0.25) is 11.3 Å². The number of carbonyl (C=O) groups is 2. The van der Waals surface area contributed by atoms with Crippen LogP contribution in [0.1, 0.15) is 49.4 Å². The Morgan fingerprint density at radius 1 is 1.06 bits per heavy atom. The number of nitrogens with one attached hydrogen (secondary N) is 3. The number of hydrogen-bond acceptors (Lipinski definition) is 9. The number of amides is 2. The number of aromatic nitrogens is 6. The van der Waals surface area contributed by atoms with E-state index in [1.54, 1.807) is 35.4 Å². The van der Waals surface area contributed by atoms with Crippen LogP contribution in [0.25, 0.3) is 17.0 Å². The maximum Gasteiger partial charge on any atom is 0.347 e. The van der Waals surface area contributed by atoms with Crippen molar-refractivity contribution in [3.8, 4) is 17.1 Å². The predicted molar refractivity (Wildman–Crippen MR) is 179 cm³/mol. The van der Waals surface area contributed by atoms with Crippen LogP contribution in [0, 0.1) is 11.7 Å². The summed E-state index contributed by atoms with van der Waals surface area (Å²) in [5, 5.41) is 12.0. The molecule has 15 heteroatoms. The van der Waals surface area contributed by atoms with E-state index in [4.69, 9.17) is 4.74 Å². The Morgan fingerprint density at radius 3 is 2.57 bits per heavy atom. The Kier molecular flexibility index (Phi) is 9.25. The van der Waals surface area contributed by atoms with Gasteiger partial charge in [-0.15, -0.1) is 0 Å². The van der Waals surface area contributed by atoms with E-state index in [1.807, 2.05) is 44.2 Å². The molecule has 49 heavy (non-hydrogen) atoms. The zero-order valence-electron chi connectivity index (χ0n) is 27.4. The minimum absolute atomic E-state index is 0.0390. The lowest BCUT2D eigenvalue weighted by molar-refractivity contribution is -0.122. The van der Waals surface area contributed by atoms with Crippen LogP contribution >= 0.6 is 0 Å². The molecule has 1 aliphatic rings. The van der Waals surface area contributed by atoms with Gasteiger partial charge in [-0.05, 0) is 37.5 Å². The van der Waals surface area contributed by atoms with Crippen LogP contribution in [0.15, 0.2) is 70.5 Å². The molecule has 1 aliphatic heterocycles. The Morgan fingerprint density at radius 2 is 1.84 bits per heavy atom. The third kappa shape index (κ3) is 6.77. The minimum atomic E-state index is -0.935. The molecule has 0 saturated heterocycles. The largest absolute Gasteiger partial charge is 0.483 e. The van der Waals surface area contributed by atoms with Crippen LogP contribution in [-0.2, 0) is 24.5 Å². The molecule has 0 fully saturated rings. The minimum Gasteiger partial charge on any atom is -0.483 e. The van der Waals surface area contributed by atoms with Crippen molar-refractivity contribution < 1.29 is 18.7 Å². The van der Waals surface area contributed by atoms with E-state index in [-0.39, 0.29) is 54.1 Å². The van der Waals surface area contributed by atoms with Crippen molar-refractivity contribution in [3.05, 3.63) is 104 Å². The van der Waals surface area contributed by atoms with Crippen molar-refractivity contribution >= 4 is 23.3 Å². The van der Waals surface area contributed by atoms with Gasteiger partial charge >= 0.3 is 5.69 Å². The topological polar surface area (TPSA) is 169 Å². The highest BCUT2D eigenvalue weighted by Crippen LogP contribution is 2.25. The van der Waals surface area contributed by atoms with Gasteiger partial charge in [0, 0.05) is 42.7 Å². The molecule has 5 aromatic rings. The lowest BCUT2D eigenvalue weighted by Gasteiger charge is -2.35. The van der Waals surface area contributed by atoms with Gasteiger partial charge in [0.25, 0.3) is 5.91 Å². The van der Waals surface area contributed by atoms with Gasteiger partial charge in [0.15, 0.2) is 34.6 Å². The number of anilines is 1. The van der Waals surface area contributed by atoms with Crippen LogP contribution in [-0.4, -0.2) is 64.5 Å². The molecule has 0 radical (unpaired) electrons. The van der Waals surface area contributed by atoms with Gasteiger partial charge in [0.1, 0.15) is 12.6 Å². The second-order valence-corrected chi connectivity index (χ2v) is 12.3. The zero-order valence-corrected chi connectivity index (χ0v) is 27.4. The predicted octanol–water partition coefficient (Wildman–Crippen LogP) is 2.98. The average Bonchev–Trinajstić information content (AvgIpc) is 3.46. The number of nitrogens with zero attached hydrogens (tertiary/aromatic N) is 6. The number of rotatable bonds is 11. The Labute approximate surface area is 280 Å². The van der Waals surface area contributed by atoms with Crippen LogP contribution in [0.2, 0.25) is 0 Å². The molecule has 1 aromatic carbocycles. The summed E-state index contributed by atoms with van der Waals surface area (Å²) in [6.45, 7) is 8.24. The van der Waals surface area contributed by atoms with Gasteiger partial charge in [-0.2, -0.15) is 5.10 Å². The highest BCUT2D eigenvalue weighted by molar-refractivity contribution is 5.96. The second kappa shape index (κ2) is 13.7. The van der Waals surface area contributed by atoms with E-state index in [1.165, 1.54) is 16.7 Å². The number of aromatic amines is 1. The number of H-pyrrole nitrogens is 1. The van der Waals surface area contributed by atoms with E-state index in [2.05, 4.69) is 30.8 Å². The molecule has 0 bridgehead atoms. The summed E-state index contributed by atoms with van der Waals surface area (Å²) in [6.07, 6.45) is 2.47. The van der Waals surface area contributed by atoms with Gasteiger partial charge in [-0.3, -0.25) is 14.4 Å². The highest BCUT2D eigenvalue weighted by atomic mass is 19.1. The lowest BCUT2D eigenvalue weighted by Crippen LogP contribution is -2.47. The Balaban J connectivity index is 1.24. The number of carbonyl (C=O) groups excluding carboxylic acids is 2. The number of benzene rings is 1. The number of pyridine rings is 2. The molecule has 2 amide bonds. The molecule has 4 aromatic heterocycles. The number of halogens is 1. The monoisotopic (exact) mass is 669 g/mol. The lowest BCUT2D eigenvalue weighted by atomic mass is 10.0. The summed E-state index contributed by atoms with van der Waals surface area (Å²) in [4.78, 5) is 62.8. The smallest absolute Gasteiger partial charge is 0.347 e. The number of fused-ring (bicyclic) bond motifs is 2. The fourth-order valence-corrected chi connectivity index (χ4v) is 5.71. The first-order chi connectivity index (χ1) is 23.5. The molecule has 14 nitrogen and oxygen atoms in total. The van der Waals surface area contributed by atoms with Gasteiger partial charge in [0.05, 0.1) is 12.7 Å². The normalized spacial score (nSPS) is 13.5. The second-order valence-electron chi connectivity index (χ2n) is 12.3. The highest BCUT2D eigenvalue weighted by Gasteiger charge is 2.33. The van der Waals surface area contributed by atoms with Crippen molar-refractivity contribution in [2.24, 2.45) is 5.92 Å². The van der Waals surface area contributed by atoms with Gasteiger partial charge < -0.3 is 24.8 Å². The first-order valence-corrected chi connectivity index (χ1v) is 15.9. The average molecular weight is 670 g/mol. The first-order valence-electron chi connectivity index (χ1n) is 15.9. The van der Waals surface area contributed by atoms with Crippen LogP contribution in [0.3, 0.4) is 0 Å². The van der Waals surface area contributed by atoms with Crippen LogP contribution < -0.4 is 26.5 Å². The van der Waals surface area contributed by atoms with Crippen molar-refractivity contribution in [1.82, 2.24) is 39.3 Å². The van der Waals surface area contributed by atoms with Crippen molar-refractivity contribution in [2.45, 2.75) is 59.5 Å². The van der Waals surface area contributed by atoms with E-state index < -0.39 is 28.9 Å². The van der Waals surface area contributed by atoms with E-state index in [9.17, 15) is 23.6 Å². The summed E-state index contributed by atoms with van der Waals surface area (Å²) in [5.41, 5.74) is 1.31. The summed E-state index contributed by atoms with van der Waals surface area (Å²) in [6, 6.07) is 12.9. The van der Waals surface area contributed by atoms with Crippen molar-refractivity contribution in [1.29, 1.82) is 0 Å². The third-order valence-electron chi connectivity index (χ3n) is 8.33. The zero-order chi connectivity index (χ0) is 34.8. The summed E-state index contributed by atoms with van der Waals surface area (Å²) in [5.74, 6) is -2.01. The molecule has 254 valence electrons. The van der Waals surface area contributed by atoms with Crippen molar-refractivity contribution in [3.63, 3.8) is 0 Å². The molecule has 1 atom stereocenters. The molecular formula is C34H36FN9O5. The molecular weight excluding hydrogens is 633 g/mol. The van der Waals surface area contributed by atoms with Gasteiger partial charge in [-0.25, -0.2) is 28.7 Å². The molecule has 3 N–H and O–H groups in total. The number of hydrogen-bond donors (Lipinski definition) is 3. The van der Waals surface area contributed by atoms with Crippen molar-refractivity contribution in [2.75, 3.05) is 11.9 Å². The molecule has 0 spiro atoms. The standard InChI is InChI=1S/C34H36FN9O5/c1-19(2)27(38-31-24(35)16-36-30(39-31)22-10-11-26-40-41-34(48)44(26)17-22)32(46)37-15-23-14-25(45)29(49-18-21-8-6-5-7-9-21)28-33(47)42(20(3)4)12-13-43(23)28/h5-11,14,16-17,19-20,27H,12-13,15,18H2,1-4H3,(H,37,46)(H,41,48)(H,36,38,39)/t27-/m0/s1. The summed E-state index contributed by atoms with van der Waals surface area (Å²) < 4.78 is 23.9. The molecule has 6 rings (SSSR count). The molecule has 0 saturated carbocycles. The maximum absolute atomic E-state index is 15.0. The fourth-order valence-electron chi connectivity index (χ4n) is 5.71. The third-order valence-corrected chi connectivity index (χ3v) is 8.33. The molecule has 0 unspecified atom stereocenters. The SMILES string of the molecule is CC(C)[C@H](Nc1nc(-c2ccc3n[nH]c(=O)n3c2)ncc1F)C(=O)NCc1cc(=O)c(OCc2ccccc2)c2n1CCN(C(C)C)C2=O. The fraction of sp³-hybridized carbons (Fsp3) is 0.324. The van der Waals surface area contributed by atoms with Gasteiger partial charge in [-0.1, -0.05) is 44.2 Å². The van der Waals surface area contributed by atoms with E-state index in [0.29, 0.717) is 30.0 Å².